The topological polar surface area (TPSA) is 39.3 Å². The number of nitrogens with zero attached hydrogens (tertiary/aromatic N) is 3. The number of fused-ring (bicyclic) bond motifs is 1. The van der Waals surface area contributed by atoms with Crippen LogP contribution in [0.25, 0.3) is 11.5 Å². The van der Waals surface area contributed by atoms with Crippen LogP contribution in [0.5, 0.6) is 0 Å². The smallest absolute Gasteiger partial charge is 0.262 e. The highest BCUT2D eigenvalue weighted by atomic mass is 79.9. The maximum atomic E-state index is 14.2. The van der Waals surface area contributed by atoms with Gasteiger partial charge < -0.3 is 0 Å². The van der Waals surface area contributed by atoms with Gasteiger partial charge in [-0.1, -0.05) is 15.9 Å². The molecule has 2 heterocycles. The van der Waals surface area contributed by atoms with Crippen molar-refractivity contribution in [2.75, 3.05) is 6.93 Å². The zero-order valence-corrected chi connectivity index (χ0v) is 14.2. The van der Waals surface area contributed by atoms with Gasteiger partial charge in [-0.25, -0.2) is 22.7 Å². The largest absolute Gasteiger partial charge is 0.269 e. The van der Waals surface area contributed by atoms with Crippen LogP contribution in [-0.2, 0) is 0 Å². The van der Waals surface area contributed by atoms with E-state index in [1.807, 2.05) is 0 Å². The first-order valence-electron chi connectivity index (χ1n) is 6.65. The molecule has 3 rings (SSSR count). The summed E-state index contributed by atoms with van der Waals surface area (Å²) in [7, 11) is 0. The fraction of sp³-hybridized carbons (Fsp3) is 0.200. The van der Waals surface area contributed by atoms with Crippen LogP contribution < -0.4 is 5.56 Å². The molecular formula is C15H12BrF4N3O. The van der Waals surface area contributed by atoms with E-state index >= 15 is 0 Å². The fourth-order valence-corrected chi connectivity index (χ4v) is 2.53. The quantitative estimate of drug-likeness (QED) is 0.453. The van der Waals surface area contributed by atoms with Gasteiger partial charge in [0.1, 0.15) is 5.82 Å². The molecule has 0 spiro atoms. The van der Waals surface area contributed by atoms with Crippen molar-refractivity contribution in [3.8, 4) is 5.69 Å². The molecule has 0 amide bonds. The molecule has 0 N–H and O–H groups in total. The summed E-state index contributed by atoms with van der Waals surface area (Å²) in [6.45, 7) is 1.68. The highest BCUT2D eigenvalue weighted by Gasteiger charge is 2.17. The summed E-state index contributed by atoms with van der Waals surface area (Å²) in [5.74, 6) is -1.28. The highest BCUT2D eigenvalue weighted by Crippen LogP contribution is 2.23. The van der Waals surface area contributed by atoms with Crippen molar-refractivity contribution in [3.63, 3.8) is 0 Å². The molecule has 1 aromatic carbocycles. The van der Waals surface area contributed by atoms with Crippen LogP contribution in [0.2, 0.25) is 0 Å². The second kappa shape index (κ2) is 7.16. The van der Waals surface area contributed by atoms with E-state index in [4.69, 9.17) is 0 Å². The molecule has 0 aliphatic carbocycles. The molecule has 0 saturated carbocycles. The number of alkyl halides is 2. The summed E-state index contributed by atoms with van der Waals surface area (Å²) in [6, 6.07) is 3.61. The zero-order chi connectivity index (χ0) is 18.0. The van der Waals surface area contributed by atoms with Gasteiger partial charge in [0.15, 0.2) is 0 Å². The normalized spacial score (nSPS) is 10.6. The van der Waals surface area contributed by atoms with Gasteiger partial charge in [0.25, 0.3) is 5.56 Å². The molecule has 0 aliphatic rings. The van der Waals surface area contributed by atoms with Gasteiger partial charge in [0.05, 0.1) is 18.0 Å². The molecule has 0 saturated heterocycles. The molecule has 0 aliphatic heterocycles. The Balaban J connectivity index is 0.000000647. The standard InChI is InChI=1S/C14H10BrF2N3O.CH2F2/c1-7-3-11(10(16)4-9(7)15)20-13(21)5-12(17)19-8(2)6-18-14(19)20;2-1-3/h3-6H,1-2H3;1H2. The van der Waals surface area contributed by atoms with E-state index in [9.17, 15) is 22.4 Å². The average molecular weight is 406 g/mol. The average Bonchev–Trinajstić information content (AvgIpc) is 2.87. The van der Waals surface area contributed by atoms with Gasteiger partial charge in [-0.2, -0.15) is 4.39 Å². The Morgan fingerprint density at radius 1 is 1.17 bits per heavy atom. The zero-order valence-electron chi connectivity index (χ0n) is 12.7. The molecular weight excluding hydrogens is 394 g/mol. The van der Waals surface area contributed by atoms with Gasteiger partial charge in [-0.3, -0.25) is 9.20 Å². The molecule has 0 atom stereocenters. The molecule has 24 heavy (non-hydrogen) atoms. The van der Waals surface area contributed by atoms with Gasteiger partial charge >= 0.3 is 0 Å². The van der Waals surface area contributed by atoms with E-state index < -0.39 is 24.3 Å². The van der Waals surface area contributed by atoms with E-state index in [-0.39, 0.29) is 11.5 Å². The van der Waals surface area contributed by atoms with E-state index in [2.05, 4.69) is 20.9 Å². The number of aromatic nitrogens is 3. The van der Waals surface area contributed by atoms with Crippen LogP contribution in [0.4, 0.5) is 17.6 Å². The van der Waals surface area contributed by atoms with Gasteiger partial charge in [0.2, 0.25) is 18.7 Å². The molecule has 0 bridgehead atoms. The first-order chi connectivity index (χ1) is 11.3. The Labute approximate surface area is 142 Å². The minimum atomic E-state index is -1.75. The number of benzene rings is 1. The van der Waals surface area contributed by atoms with Crippen LogP contribution in [0.3, 0.4) is 0 Å². The lowest BCUT2D eigenvalue weighted by molar-refractivity contribution is 0.295. The molecule has 0 fully saturated rings. The molecule has 4 nitrogen and oxygen atoms in total. The fourth-order valence-electron chi connectivity index (χ4n) is 2.22. The molecule has 0 unspecified atom stereocenters. The predicted molar refractivity (Wildman–Crippen MR) is 85.0 cm³/mol. The van der Waals surface area contributed by atoms with Crippen molar-refractivity contribution in [2.45, 2.75) is 13.8 Å². The van der Waals surface area contributed by atoms with Crippen molar-refractivity contribution < 1.29 is 17.6 Å². The Bertz CT molecular complexity index is 952. The predicted octanol–water partition coefficient (Wildman–Crippen LogP) is 4.03. The van der Waals surface area contributed by atoms with Crippen LogP contribution >= 0.6 is 15.9 Å². The Morgan fingerprint density at radius 3 is 2.42 bits per heavy atom. The first-order valence-corrected chi connectivity index (χ1v) is 7.44. The highest BCUT2D eigenvalue weighted by molar-refractivity contribution is 9.10. The van der Waals surface area contributed by atoms with Crippen LogP contribution in [0, 0.1) is 25.6 Å². The van der Waals surface area contributed by atoms with E-state index in [0.29, 0.717) is 10.2 Å². The number of hydrogen-bond acceptors (Lipinski definition) is 2. The van der Waals surface area contributed by atoms with E-state index in [0.717, 1.165) is 20.6 Å². The SMILES string of the molecule is Cc1cc(-n2c(=O)cc(F)n3c(C)cnc23)c(F)cc1Br.FCF. The summed E-state index contributed by atoms with van der Waals surface area (Å²) in [4.78, 5) is 16.1. The second-order valence-electron chi connectivity index (χ2n) is 4.83. The van der Waals surface area contributed by atoms with Crippen molar-refractivity contribution in [3.05, 3.63) is 62.2 Å². The maximum absolute atomic E-state index is 14.2. The van der Waals surface area contributed by atoms with Crippen molar-refractivity contribution in [1.82, 2.24) is 14.0 Å². The lowest BCUT2D eigenvalue weighted by atomic mass is 10.2. The van der Waals surface area contributed by atoms with Crippen molar-refractivity contribution in [1.29, 1.82) is 0 Å². The molecule has 2 aromatic heterocycles. The van der Waals surface area contributed by atoms with Crippen LogP contribution in [-0.4, -0.2) is 20.9 Å². The second-order valence-corrected chi connectivity index (χ2v) is 5.68. The van der Waals surface area contributed by atoms with Crippen LogP contribution in [0.1, 0.15) is 11.3 Å². The van der Waals surface area contributed by atoms with Crippen molar-refractivity contribution >= 4 is 21.7 Å². The summed E-state index contributed by atoms with van der Waals surface area (Å²) < 4.78 is 50.2. The summed E-state index contributed by atoms with van der Waals surface area (Å²) in [5, 5.41) is 0. The number of halogens is 5. The number of aryl methyl sites for hydroxylation is 2. The maximum Gasteiger partial charge on any atom is 0.262 e. The number of rotatable bonds is 1. The number of imidazole rings is 1. The Kier molecular flexibility index (Phi) is 5.43. The molecule has 9 heteroatoms. The third-order valence-corrected chi connectivity index (χ3v) is 4.12. The molecule has 3 aromatic rings. The third kappa shape index (κ3) is 3.21. The molecule has 0 radical (unpaired) electrons. The number of hydrogen-bond donors (Lipinski definition) is 0. The third-order valence-electron chi connectivity index (χ3n) is 3.27. The Hall–Kier alpha value is -2.16. The minimum Gasteiger partial charge on any atom is -0.269 e. The van der Waals surface area contributed by atoms with E-state index in [1.54, 1.807) is 13.8 Å². The minimum absolute atomic E-state index is 0.0382. The first kappa shape index (κ1) is 18.2. The van der Waals surface area contributed by atoms with Crippen LogP contribution in [0.15, 0.2) is 33.7 Å². The van der Waals surface area contributed by atoms with Gasteiger partial charge in [0, 0.05) is 10.2 Å². The summed E-state index contributed by atoms with van der Waals surface area (Å²) >= 11 is 3.23. The lowest BCUT2D eigenvalue weighted by Crippen LogP contribution is -2.23. The van der Waals surface area contributed by atoms with E-state index in [1.165, 1.54) is 18.3 Å². The molecule has 128 valence electrons. The summed E-state index contributed by atoms with van der Waals surface area (Å²) in [5.41, 5.74) is 0.636. The van der Waals surface area contributed by atoms with Gasteiger partial charge in [-0.05, 0) is 31.5 Å². The van der Waals surface area contributed by atoms with Gasteiger partial charge in [-0.15, -0.1) is 0 Å². The summed E-state index contributed by atoms with van der Waals surface area (Å²) in [6.07, 6.45) is 1.43. The van der Waals surface area contributed by atoms with Crippen molar-refractivity contribution in [2.24, 2.45) is 0 Å². The Morgan fingerprint density at radius 2 is 1.79 bits per heavy atom. The monoisotopic (exact) mass is 405 g/mol. The lowest BCUT2D eigenvalue weighted by Gasteiger charge is -2.11.